The van der Waals surface area contributed by atoms with Crippen LogP contribution in [0.5, 0.6) is 0 Å². The van der Waals surface area contributed by atoms with Gasteiger partial charge in [0.05, 0.1) is 5.92 Å². The molecule has 0 fully saturated rings. The molecule has 3 heteroatoms. The van der Waals surface area contributed by atoms with Gasteiger partial charge in [0.2, 0.25) is 5.91 Å². The van der Waals surface area contributed by atoms with E-state index in [1.807, 2.05) is 49.4 Å². The standard InChI is InChI=1S/C16H18N2O/c1-2-15(14-8-4-3-5-9-14)16(19)18-12-13-7-6-10-17-11-13/h3-11,15H,2,12H2,1H3,(H,18,19)/t15-/m1/s1. The number of carbonyl (C=O) groups is 1. The molecule has 3 nitrogen and oxygen atoms in total. The maximum atomic E-state index is 12.2. The first-order chi connectivity index (χ1) is 9.31. The van der Waals surface area contributed by atoms with Gasteiger partial charge in [0.15, 0.2) is 0 Å². The number of aromatic nitrogens is 1. The van der Waals surface area contributed by atoms with Gasteiger partial charge in [-0.2, -0.15) is 0 Å². The Labute approximate surface area is 113 Å². The summed E-state index contributed by atoms with van der Waals surface area (Å²) in [4.78, 5) is 16.3. The number of benzene rings is 1. The van der Waals surface area contributed by atoms with E-state index in [4.69, 9.17) is 0 Å². The Morgan fingerprint density at radius 1 is 1.21 bits per heavy atom. The fraction of sp³-hybridized carbons (Fsp3) is 0.250. The van der Waals surface area contributed by atoms with Crippen LogP contribution in [0.4, 0.5) is 0 Å². The second kappa shape index (κ2) is 6.69. The second-order valence-electron chi connectivity index (χ2n) is 4.45. The van der Waals surface area contributed by atoms with E-state index < -0.39 is 0 Å². The Bertz CT molecular complexity index is 511. The highest BCUT2D eigenvalue weighted by molar-refractivity contribution is 5.83. The van der Waals surface area contributed by atoms with Gasteiger partial charge >= 0.3 is 0 Å². The number of pyridine rings is 1. The van der Waals surface area contributed by atoms with Gasteiger partial charge in [-0.05, 0) is 23.6 Å². The predicted octanol–water partition coefficient (Wildman–Crippen LogP) is 2.89. The normalized spacial score (nSPS) is 11.8. The maximum absolute atomic E-state index is 12.2. The minimum Gasteiger partial charge on any atom is -0.351 e. The summed E-state index contributed by atoms with van der Waals surface area (Å²) in [6.07, 6.45) is 4.29. The van der Waals surface area contributed by atoms with E-state index in [1.165, 1.54) is 0 Å². The Balaban J connectivity index is 1.98. The van der Waals surface area contributed by atoms with Crippen LogP contribution in [0.3, 0.4) is 0 Å². The molecule has 1 atom stereocenters. The van der Waals surface area contributed by atoms with E-state index in [0.717, 1.165) is 17.5 Å². The third-order valence-corrected chi connectivity index (χ3v) is 3.12. The molecule has 1 aromatic carbocycles. The van der Waals surface area contributed by atoms with Crippen molar-refractivity contribution in [1.82, 2.24) is 10.3 Å². The van der Waals surface area contributed by atoms with E-state index in [1.54, 1.807) is 12.4 Å². The van der Waals surface area contributed by atoms with Crippen molar-refractivity contribution in [1.29, 1.82) is 0 Å². The van der Waals surface area contributed by atoms with Crippen molar-refractivity contribution >= 4 is 5.91 Å². The summed E-state index contributed by atoms with van der Waals surface area (Å²) < 4.78 is 0. The van der Waals surface area contributed by atoms with Crippen molar-refractivity contribution in [2.75, 3.05) is 0 Å². The molecule has 19 heavy (non-hydrogen) atoms. The largest absolute Gasteiger partial charge is 0.351 e. The fourth-order valence-electron chi connectivity index (χ4n) is 2.07. The highest BCUT2D eigenvalue weighted by Gasteiger charge is 2.17. The van der Waals surface area contributed by atoms with Crippen LogP contribution in [-0.2, 0) is 11.3 Å². The fourth-order valence-corrected chi connectivity index (χ4v) is 2.07. The molecule has 0 unspecified atom stereocenters. The zero-order chi connectivity index (χ0) is 13.5. The summed E-state index contributed by atoms with van der Waals surface area (Å²) >= 11 is 0. The first-order valence-corrected chi connectivity index (χ1v) is 6.53. The number of nitrogens with one attached hydrogen (secondary N) is 1. The number of hydrogen-bond donors (Lipinski definition) is 1. The van der Waals surface area contributed by atoms with Gasteiger partial charge in [-0.25, -0.2) is 0 Å². The average molecular weight is 254 g/mol. The molecule has 0 aliphatic carbocycles. The van der Waals surface area contributed by atoms with Gasteiger partial charge in [0.1, 0.15) is 0 Å². The molecular weight excluding hydrogens is 236 g/mol. The Kier molecular flexibility index (Phi) is 4.67. The predicted molar refractivity (Wildman–Crippen MR) is 75.6 cm³/mol. The number of amides is 1. The topological polar surface area (TPSA) is 42.0 Å². The first kappa shape index (κ1) is 13.3. The lowest BCUT2D eigenvalue weighted by atomic mass is 9.95. The van der Waals surface area contributed by atoms with Crippen LogP contribution in [0.1, 0.15) is 30.4 Å². The Morgan fingerprint density at radius 3 is 2.63 bits per heavy atom. The lowest BCUT2D eigenvalue weighted by Gasteiger charge is -2.15. The summed E-state index contributed by atoms with van der Waals surface area (Å²) in [6, 6.07) is 13.7. The first-order valence-electron chi connectivity index (χ1n) is 6.53. The number of carbonyl (C=O) groups excluding carboxylic acids is 1. The molecule has 0 spiro atoms. The van der Waals surface area contributed by atoms with Crippen LogP contribution in [0, 0.1) is 0 Å². The van der Waals surface area contributed by atoms with Gasteiger partial charge in [0, 0.05) is 18.9 Å². The van der Waals surface area contributed by atoms with Crippen molar-refractivity contribution in [2.24, 2.45) is 0 Å². The van der Waals surface area contributed by atoms with E-state index in [-0.39, 0.29) is 11.8 Å². The van der Waals surface area contributed by atoms with Gasteiger partial charge < -0.3 is 5.32 Å². The minimum absolute atomic E-state index is 0.0672. The van der Waals surface area contributed by atoms with Crippen LogP contribution >= 0.6 is 0 Å². The van der Waals surface area contributed by atoms with Crippen molar-refractivity contribution < 1.29 is 4.79 Å². The molecule has 1 heterocycles. The molecule has 0 bridgehead atoms. The van der Waals surface area contributed by atoms with Crippen LogP contribution in [0.25, 0.3) is 0 Å². The van der Waals surface area contributed by atoms with E-state index in [2.05, 4.69) is 10.3 Å². The van der Waals surface area contributed by atoms with Gasteiger partial charge in [0.25, 0.3) is 0 Å². The minimum atomic E-state index is -0.0853. The number of nitrogens with zero attached hydrogens (tertiary/aromatic N) is 1. The maximum Gasteiger partial charge on any atom is 0.227 e. The molecule has 1 N–H and O–H groups in total. The third kappa shape index (κ3) is 3.65. The van der Waals surface area contributed by atoms with Gasteiger partial charge in [-0.3, -0.25) is 9.78 Å². The molecule has 2 rings (SSSR count). The molecule has 98 valence electrons. The quantitative estimate of drug-likeness (QED) is 0.891. The smallest absolute Gasteiger partial charge is 0.227 e. The SMILES string of the molecule is CC[C@@H](C(=O)NCc1cccnc1)c1ccccc1. The Hall–Kier alpha value is -2.16. The Morgan fingerprint density at radius 2 is 2.00 bits per heavy atom. The van der Waals surface area contributed by atoms with E-state index >= 15 is 0 Å². The molecule has 0 radical (unpaired) electrons. The third-order valence-electron chi connectivity index (χ3n) is 3.12. The summed E-state index contributed by atoms with van der Waals surface area (Å²) in [5.41, 5.74) is 2.08. The molecule has 1 amide bonds. The molecular formula is C16H18N2O. The second-order valence-corrected chi connectivity index (χ2v) is 4.45. The zero-order valence-corrected chi connectivity index (χ0v) is 11.0. The van der Waals surface area contributed by atoms with Crippen LogP contribution in [0.15, 0.2) is 54.9 Å². The van der Waals surface area contributed by atoms with E-state index in [9.17, 15) is 4.79 Å². The zero-order valence-electron chi connectivity index (χ0n) is 11.0. The molecule has 0 aliphatic rings. The monoisotopic (exact) mass is 254 g/mol. The molecule has 0 saturated carbocycles. The number of hydrogen-bond acceptors (Lipinski definition) is 2. The summed E-state index contributed by atoms with van der Waals surface area (Å²) in [7, 11) is 0. The van der Waals surface area contributed by atoms with E-state index in [0.29, 0.717) is 6.54 Å². The van der Waals surface area contributed by atoms with Gasteiger partial charge in [-0.1, -0.05) is 43.3 Å². The van der Waals surface area contributed by atoms with Crippen LogP contribution in [0.2, 0.25) is 0 Å². The van der Waals surface area contributed by atoms with Crippen molar-refractivity contribution in [3.63, 3.8) is 0 Å². The highest BCUT2D eigenvalue weighted by Crippen LogP contribution is 2.19. The van der Waals surface area contributed by atoms with Crippen LogP contribution < -0.4 is 5.32 Å². The average Bonchev–Trinajstić information content (AvgIpc) is 2.48. The molecule has 0 aliphatic heterocycles. The highest BCUT2D eigenvalue weighted by atomic mass is 16.1. The van der Waals surface area contributed by atoms with Crippen molar-refractivity contribution in [3.05, 3.63) is 66.0 Å². The summed E-state index contributed by atoms with van der Waals surface area (Å²) in [5.74, 6) is -0.0181. The van der Waals surface area contributed by atoms with Crippen molar-refractivity contribution in [2.45, 2.75) is 25.8 Å². The lowest BCUT2D eigenvalue weighted by Crippen LogP contribution is -2.28. The molecule has 1 aromatic heterocycles. The van der Waals surface area contributed by atoms with Crippen molar-refractivity contribution in [3.8, 4) is 0 Å². The molecule has 0 saturated heterocycles. The lowest BCUT2D eigenvalue weighted by molar-refractivity contribution is -0.122. The number of rotatable bonds is 5. The molecule has 2 aromatic rings. The summed E-state index contributed by atoms with van der Waals surface area (Å²) in [5, 5.41) is 2.97. The van der Waals surface area contributed by atoms with Gasteiger partial charge in [-0.15, -0.1) is 0 Å². The summed E-state index contributed by atoms with van der Waals surface area (Å²) in [6.45, 7) is 2.55. The van der Waals surface area contributed by atoms with Crippen LogP contribution in [-0.4, -0.2) is 10.9 Å².